The number of rotatable bonds is 5. The van der Waals surface area contributed by atoms with Gasteiger partial charge in [0.25, 0.3) is 0 Å². The standard InChI is InChI=1S/C13H21NO/c1-4-10(3)13(14)11-8-6-7-9-12(11)15-5-2/h6-10,13H,4-5,14H2,1-3H3/t10?,13-/m1/s1. The fraction of sp³-hybridized carbons (Fsp3) is 0.538. The molecule has 0 fully saturated rings. The second kappa shape index (κ2) is 5.76. The van der Waals surface area contributed by atoms with Crippen molar-refractivity contribution < 1.29 is 4.74 Å². The first-order valence-corrected chi connectivity index (χ1v) is 5.68. The highest BCUT2D eigenvalue weighted by Gasteiger charge is 2.16. The molecule has 0 bridgehead atoms. The molecule has 0 aromatic heterocycles. The molecule has 1 unspecified atom stereocenters. The molecule has 0 spiro atoms. The van der Waals surface area contributed by atoms with Crippen LogP contribution >= 0.6 is 0 Å². The summed E-state index contributed by atoms with van der Waals surface area (Å²) in [4.78, 5) is 0. The van der Waals surface area contributed by atoms with E-state index in [1.54, 1.807) is 0 Å². The summed E-state index contributed by atoms with van der Waals surface area (Å²) in [5, 5.41) is 0. The average Bonchev–Trinajstić information content (AvgIpc) is 2.28. The molecule has 2 nitrogen and oxygen atoms in total. The van der Waals surface area contributed by atoms with Crippen LogP contribution in [0.15, 0.2) is 24.3 Å². The third-order valence-corrected chi connectivity index (χ3v) is 2.83. The largest absolute Gasteiger partial charge is 0.494 e. The van der Waals surface area contributed by atoms with E-state index >= 15 is 0 Å². The van der Waals surface area contributed by atoms with Gasteiger partial charge in [0.1, 0.15) is 5.75 Å². The van der Waals surface area contributed by atoms with E-state index < -0.39 is 0 Å². The summed E-state index contributed by atoms with van der Waals surface area (Å²) in [7, 11) is 0. The Bertz CT molecular complexity index is 298. The quantitative estimate of drug-likeness (QED) is 0.805. The lowest BCUT2D eigenvalue weighted by molar-refractivity contribution is 0.328. The van der Waals surface area contributed by atoms with Gasteiger partial charge in [0.05, 0.1) is 6.61 Å². The van der Waals surface area contributed by atoms with Crippen molar-refractivity contribution in [2.45, 2.75) is 33.2 Å². The molecule has 0 aliphatic heterocycles. The fourth-order valence-electron chi connectivity index (χ4n) is 1.60. The molecule has 0 aliphatic rings. The Morgan fingerprint density at radius 3 is 2.53 bits per heavy atom. The van der Waals surface area contributed by atoms with Crippen LogP contribution in [0.25, 0.3) is 0 Å². The van der Waals surface area contributed by atoms with Crippen molar-refractivity contribution in [2.24, 2.45) is 11.7 Å². The topological polar surface area (TPSA) is 35.2 Å². The Kier molecular flexibility index (Phi) is 4.63. The van der Waals surface area contributed by atoms with E-state index in [1.807, 2.05) is 25.1 Å². The van der Waals surface area contributed by atoms with E-state index in [-0.39, 0.29) is 6.04 Å². The minimum absolute atomic E-state index is 0.0674. The summed E-state index contributed by atoms with van der Waals surface area (Å²) in [5.74, 6) is 1.40. The maximum Gasteiger partial charge on any atom is 0.124 e. The average molecular weight is 207 g/mol. The highest BCUT2D eigenvalue weighted by Crippen LogP contribution is 2.29. The Hall–Kier alpha value is -1.02. The van der Waals surface area contributed by atoms with Crippen molar-refractivity contribution in [1.29, 1.82) is 0 Å². The molecule has 2 heteroatoms. The molecule has 0 amide bonds. The highest BCUT2D eigenvalue weighted by atomic mass is 16.5. The Labute approximate surface area is 92.4 Å². The second-order valence-corrected chi connectivity index (χ2v) is 3.88. The van der Waals surface area contributed by atoms with Crippen molar-refractivity contribution in [3.05, 3.63) is 29.8 Å². The summed E-state index contributed by atoms with van der Waals surface area (Å²) in [6.45, 7) is 7.01. The van der Waals surface area contributed by atoms with Gasteiger partial charge in [-0.2, -0.15) is 0 Å². The number of benzene rings is 1. The lowest BCUT2D eigenvalue weighted by atomic mass is 9.93. The zero-order valence-electron chi connectivity index (χ0n) is 9.86. The lowest BCUT2D eigenvalue weighted by Gasteiger charge is -2.21. The molecule has 0 heterocycles. The van der Waals surface area contributed by atoms with Gasteiger partial charge in [0.15, 0.2) is 0 Å². The number of nitrogens with two attached hydrogens (primary N) is 1. The molecule has 1 aromatic rings. The van der Waals surface area contributed by atoms with Gasteiger partial charge in [-0.3, -0.25) is 0 Å². The van der Waals surface area contributed by atoms with Crippen molar-refractivity contribution in [2.75, 3.05) is 6.61 Å². The van der Waals surface area contributed by atoms with Gasteiger partial charge in [-0.15, -0.1) is 0 Å². The minimum atomic E-state index is 0.0674. The third-order valence-electron chi connectivity index (χ3n) is 2.83. The molecule has 2 atom stereocenters. The van der Waals surface area contributed by atoms with Crippen LogP contribution in [-0.4, -0.2) is 6.61 Å². The Morgan fingerprint density at radius 2 is 1.93 bits per heavy atom. The second-order valence-electron chi connectivity index (χ2n) is 3.88. The molecule has 0 radical (unpaired) electrons. The summed E-state index contributed by atoms with van der Waals surface area (Å²) in [5.41, 5.74) is 7.32. The van der Waals surface area contributed by atoms with Crippen LogP contribution in [0.3, 0.4) is 0 Å². The maximum atomic E-state index is 6.20. The van der Waals surface area contributed by atoms with Gasteiger partial charge >= 0.3 is 0 Å². The fourth-order valence-corrected chi connectivity index (χ4v) is 1.60. The number of ether oxygens (including phenoxy) is 1. The van der Waals surface area contributed by atoms with Crippen LogP contribution in [0.2, 0.25) is 0 Å². The predicted octanol–water partition coefficient (Wildman–Crippen LogP) is 3.13. The van der Waals surface area contributed by atoms with E-state index in [0.29, 0.717) is 12.5 Å². The molecule has 1 aromatic carbocycles. The first-order valence-electron chi connectivity index (χ1n) is 5.68. The first-order chi connectivity index (χ1) is 7.20. The lowest BCUT2D eigenvalue weighted by Crippen LogP contribution is -2.19. The molecule has 1 rings (SSSR count). The summed E-state index contributed by atoms with van der Waals surface area (Å²) in [6, 6.07) is 8.11. The van der Waals surface area contributed by atoms with E-state index in [1.165, 1.54) is 0 Å². The first kappa shape index (κ1) is 12.1. The molecule has 0 saturated carbocycles. The minimum Gasteiger partial charge on any atom is -0.494 e. The van der Waals surface area contributed by atoms with Crippen LogP contribution < -0.4 is 10.5 Å². The van der Waals surface area contributed by atoms with Crippen LogP contribution in [0.1, 0.15) is 38.8 Å². The number of hydrogen-bond donors (Lipinski definition) is 1. The molecule has 84 valence electrons. The van der Waals surface area contributed by atoms with Crippen LogP contribution in [0.5, 0.6) is 5.75 Å². The number of para-hydroxylation sites is 1. The van der Waals surface area contributed by atoms with Crippen molar-refractivity contribution in [1.82, 2.24) is 0 Å². The van der Waals surface area contributed by atoms with Crippen LogP contribution in [0, 0.1) is 5.92 Å². The normalized spacial score (nSPS) is 14.7. The smallest absolute Gasteiger partial charge is 0.124 e. The van der Waals surface area contributed by atoms with E-state index in [9.17, 15) is 0 Å². The van der Waals surface area contributed by atoms with Crippen LogP contribution in [-0.2, 0) is 0 Å². The maximum absolute atomic E-state index is 6.20. The predicted molar refractivity (Wildman–Crippen MR) is 64.0 cm³/mol. The van der Waals surface area contributed by atoms with Gasteiger partial charge in [-0.25, -0.2) is 0 Å². The molecule has 0 aliphatic carbocycles. The number of hydrogen-bond acceptors (Lipinski definition) is 2. The highest BCUT2D eigenvalue weighted by molar-refractivity contribution is 5.36. The third kappa shape index (κ3) is 2.96. The van der Waals surface area contributed by atoms with Crippen LogP contribution in [0.4, 0.5) is 0 Å². The van der Waals surface area contributed by atoms with Gasteiger partial charge in [0, 0.05) is 11.6 Å². The summed E-state index contributed by atoms with van der Waals surface area (Å²) >= 11 is 0. The van der Waals surface area contributed by atoms with Gasteiger partial charge < -0.3 is 10.5 Å². The van der Waals surface area contributed by atoms with E-state index in [2.05, 4.69) is 19.9 Å². The van der Waals surface area contributed by atoms with Gasteiger partial charge in [-0.1, -0.05) is 38.5 Å². The Balaban J connectivity index is 2.91. The zero-order chi connectivity index (χ0) is 11.3. The van der Waals surface area contributed by atoms with Crippen molar-refractivity contribution in [3.8, 4) is 5.75 Å². The SMILES string of the molecule is CCOc1ccccc1[C@H](N)C(C)CC. The van der Waals surface area contributed by atoms with E-state index in [0.717, 1.165) is 17.7 Å². The molecule has 2 N–H and O–H groups in total. The van der Waals surface area contributed by atoms with Gasteiger partial charge in [-0.05, 0) is 18.9 Å². The van der Waals surface area contributed by atoms with E-state index in [4.69, 9.17) is 10.5 Å². The molecule has 0 saturated heterocycles. The molecular formula is C13H21NO. The Morgan fingerprint density at radius 1 is 1.27 bits per heavy atom. The summed E-state index contributed by atoms with van der Waals surface area (Å²) < 4.78 is 5.57. The van der Waals surface area contributed by atoms with Crippen molar-refractivity contribution >= 4 is 0 Å². The van der Waals surface area contributed by atoms with Crippen molar-refractivity contribution in [3.63, 3.8) is 0 Å². The zero-order valence-corrected chi connectivity index (χ0v) is 9.86. The molecular weight excluding hydrogens is 186 g/mol. The monoisotopic (exact) mass is 207 g/mol. The summed E-state index contributed by atoms with van der Waals surface area (Å²) in [6.07, 6.45) is 1.08. The van der Waals surface area contributed by atoms with Gasteiger partial charge in [0.2, 0.25) is 0 Å². The molecule has 15 heavy (non-hydrogen) atoms.